The van der Waals surface area contributed by atoms with Gasteiger partial charge < -0.3 is 10.4 Å². The summed E-state index contributed by atoms with van der Waals surface area (Å²) in [5.74, 6) is 0.827. The van der Waals surface area contributed by atoms with Gasteiger partial charge in [0.2, 0.25) is 0 Å². The first-order chi connectivity index (χ1) is 8.49. The van der Waals surface area contributed by atoms with Gasteiger partial charge in [-0.15, -0.1) is 0 Å². The fourth-order valence-electron chi connectivity index (χ4n) is 2.41. The molecule has 18 heavy (non-hydrogen) atoms. The zero-order valence-corrected chi connectivity index (χ0v) is 11.2. The molecule has 3 atom stereocenters. The molecule has 0 radical (unpaired) electrons. The Morgan fingerprint density at radius 3 is 2.72 bits per heavy atom. The smallest absolute Gasteiger partial charge is 0.337 e. The summed E-state index contributed by atoms with van der Waals surface area (Å²) in [5.41, 5.74) is 0.110. The molecule has 5 heteroatoms. The summed E-state index contributed by atoms with van der Waals surface area (Å²) >= 11 is 6.05. The number of aromatic carboxylic acids is 1. The molecule has 3 unspecified atom stereocenters. The molecule has 1 fully saturated rings. The van der Waals surface area contributed by atoms with E-state index in [1.807, 2.05) is 0 Å². The zero-order valence-electron chi connectivity index (χ0n) is 10.5. The second-order valence-corrected chi connectivity index (χ2v) is 5.43. The van der Waals surface area contributed by atoms with Gasteiger partial charge in [-0.2, -0.15) is 0 Å². The van der Waals surface area contributed by atoms with E-state index in [1.54, 1.807) is 0 Å². The first-order valence-electron chi connectivity index (χ1n) is 6.14. The molecule has 4 nitrogen and oxygen atoms in total. The molecule has 0 saturated heterocycles. The second-order valence-electron chi connectivity index (χ2n) is 5.02. The first kappa shape index (κ1) is 13.1. The third kappa shape index (κ3) is 2.58. The lowest BCUT2D eigenvalue weighted by molar-refractivity contribution is 0.0696. The highest BCUT2D eigenvalue weighted by Crippen LogP contribution is 2.34. The van der Waals surface area contributed by atoms with Crippen LogP contribution in [0, 0.1) is 11.8 Å². The summed E-state index contributed by atoms with van der Waals surface area (Å²) < 4.78 is 0. The predicted molar refractivity (Wildman–Crippen MR) is 71.2 cm³/mol. The number of anilines is 1. The summed E-state index contributed by atoms with van der Waals surface area (Å²) in [4.78, 5) is 14.9. The van der Waals surface area contributed by atoms with E-state index in [9.17, 15) is 4.79 Å². The van der Waals surface area contributed by atoms with Crippen molar-refractivity contribution in [2.24, 2.45) is 11.8 Å². The molecule has 0 spiro atoms. The molecule has 1 aliphatic rings. The van der Waals surface area contributed by atoms with E-state index in [0.717, 1.165) is 6.42 Å². The van der Waals surface area contributed by atoms with Gasteiger partial charge in [0.1, 0.15) is 5.82 Å². The van der Waals surface area contributed by atoms with Crippen molar-refractivity contribution < 1.29 is 9.90 Å². The average molecular weight is 269 g/mol. The molecule has 0 aliphatic heterocycles. The van der Waals surface area contributed by atoms with Gasteiger partial charge in [0.25, 0.3) is 0 Å². The van der Waals surface area contributed by atoms with Crippen molar-refractivity contribution in [3.8, 4) is 0 Å². The lowest BCUT2D eigenvalue weighted by Gasteiger charge is -2.20. The van der Waals surface area contributed by atoms with Gasteiger partial charge in [0.15, 0.2) is 0 Å². The Hall–Kier alpha value is -1.29. The number of hydrogen-bond acceptors (Lipinski definition) is 3. The zero-order chi connectivity index (χ0) is 13.3. The van der Waals surface area contributed by atoms with Gasteiger partial charge in [-0.05, 0) is 30.7 Å². The maximum absolute atomic E-state index is 10.8. The van der Waals surface area contributed by atoms with E-state index in [2.05, 4.69) is 24.1 Å². The Kier molecular flexibility index (Phi) is 3.76. The van der Waals surface area contributed by atoms with Crippen LogP contribution in [0.3, 0.4) is 0 Å². The van der Waals surface area contributed by atoms with Crippen LogP contribution in [0.2, 0.25) is 5.02 Å². The van der Waals surface area contributed by atoms with Gasteiger partial charge in [-0.1, -0.05) is 25.4 Å². The van der Waals surface area contributed by atoms with Crippen LogP contribution in [0.1, 0.15) is 37.0 Å². The van der Waals surface area contributed by atoms with E-state index >= 15 is 0 Å². The third-order valence-electron chi connectivity index (χ3n) is 3.88. The number of nitrogens with zero attached hydrogens (tertiary/aromatic N) is 1. The number of hydrogen-bond donors (Lipinski definition) is 2. The van der Waals surface area contributed by atoms with Crippen LogP contribution in [0.15, 0.2) is 12.3 Å². The van der Waals surface area contributed by atoms with E-state index < -0.39 is 5.97 Å². The minimum atomic E-state index is -1.01. The van der Waals surface area contributed by atoms with Crippen LogP contribution in [0.4, 0.5) is 5.82 Å². The van der Waals surface area contributed by atoms with Crippen molar-refractivity contribution in [1.29, 1.82) is 0 Å². The fourth-order valence-corrected chi connectivity index (χ4v) is 2.63. The Balaban J connectivity index is 2.13. The first-order valence-corrected chi connectivity index (χ1v) is 6.52. The topological polar surface area (TPSA) is 62.2 Å². The standard InChI is InChI=1S/C13H17ClN2O2/c1-7-3-4-11(8(7)2)16-12-10(14)5-9(6-15-12)13(17)18/h5-8,11H,3-4H2,1-2H3,(H,15,16)(H,17,18). The molecular weight excluding hydrogens is 252 g/mol. The lowest BCUT2D eigenvalue weighted by atomic mass is 9.98. The molecule has 0 amide bonds. The maximum atomic E-state index is 10.8. The van der Waals surface area contributed by atoms with Crippen molar-refractivity contribution in [3.63, 3.8) is 0 Å². The summed E-state index contributed by atoms with van der Waals surface area (Å²) in [6, 6.07) is 1.79. The molecule has 0 aromatic carbocycles. The van der Waals surface area contributed by atoms with Crippen LogP contribution < -0.4 is 5.32 Å². The maximum Gasteiger partial charge on any atom is 0.337 e. The van der Waals surface area contributed by atoms with E-state index in [4.69, 9.17) is 16.7 Å². The van der Waals surface area contributed by atoms with Crippen molar-refractivity contribution in [2.45, 2.75) is 32.7 Å². The summed E-state index contributed by atoms with van der Waals surface area (Å²) in [5, 5.41) is 12.5. The Morgan fingerprint density at radius 2 is 2.22 bits per heavy atom. The van der Waals surface area contributed by atoms with Gasteiger partial charge in [0.05, 0.1) is 10.6 Å². The van der Waals surface area contributed by atoms with Crippen molar-refractivity contribution in [2.75, 3.05) is 5.32 Å². The highest BCUT2D eigenvalue weighted by atomic mass is 35.5. The summed E-state index contributed by atoms with van der Waals surface area (Å²) in [6.45, 7) is 4.46. The van der Waals surface area contributed by atoms with Crippen LogP contribution in [-0.4, -0.2) is 22.1 Å². The SMILES string of the molecule is CC1CCC(Nc2ncc(C(=O)O)cc2Cl)C1C. The quantitative estimate of drug-likeness (QED) is 0.883. The minimum Gasteiger partial charge on any atom is -0.478 e. The molecule has 98 valence electrons. The highest BCUT2D eigenvalue weighted by molar-refractivity contribution is 6.33. The van der Waals surface area contributed by atoms with Crippen LogP contribution in [0.25, 0.3) is 0 Å². The molecule has 2 N–H and O–H groups in total. The van der Waals surface area contributed by atoms with Gasteiger partial charge in [-0.3, -0.25) is 0 Å². The number of carboxylic acids is 1. The van der Waals surface area contributed by atoms with E-state index in [0.29, 0.717) is 28.7 Å². The predicted octanol–water partition coefficient (Wildman–Crippen LogP) is 3.28. The number of aromatic nitrogens is 1. The Bertz CT molecular complexity index is 464. The third-order valence-corrected chi connectivity index (χ3v) is 4.16. The molecule has 1 aromatic rings. The monoisotopic (exact) mass is 268 g/mol. The normalized spacial score (nSPS) is 27.2. The highest BCUT2D eigenvalue weighted by Gasteiger charge is 2.30. The number of halogens is 1. The number of nitrogens with one attached hydrogen (secondary N) is 1. The van der Waals surface area contributed by atoms with Crippen molar-refractivity contribution in [3.05, 3.63) is 22.8 Å². The van der Waals surface area contributed by atoms with Gasteiger partial charge >= 0.3 is 5.97 Å². The molecule has 1 aromatic heterocycles. The summed E-state index contributed by atoms with van der Waals surface area (Å²) in [6.07, 6.45) is 3.63. The Morgan fingerprint density at radius 1 is 1.50 bits per heavy atom. The molecule has 0 bridgehead atoms. The second kappa shape index (κ2) is 5.14. The molecular formula is C13H17ClN2O2. The average Bonchev–Trinajstić information content (AvgIpc) is 2.63. The molecule has 2 rings (SSSR count). The number of carbonyl (C=O) groups is 1. The summed E-state index contributed by atoms with van der Waals surface area (Å²) in [7, 11) is 0. The lowest BCUT2D eigenvalue weighted by Crippen LogP contribution is -2.24. The van der Waals surface area contributed by atoms with Gasteiger partial charge in [-0.25, -0.2) is 9.78 Å². The fraction of sp³-hybridized carbons (Fsp3) is 0.538. The van der Waals surface area contributed by atoms with Crippen molar-refractivity contribution in [1.82, 2.24) is 4.98 Å². The van der Waals surface area contributed by atoms with Crippen LogP contribution >= 0.6 is 11.6 Å². The van der Waals surface area contributed by atoms with Gasteiger partial charge in [0, 0.05) is 12.2 Å². The Labute approximate surface area is 111 Å². The van der Waals surface area contributed by atoms with Crippen LogP contribution in [-0.2, 0) is 0 Å². The molecule has 1 saturated carbocycles. The minimum absolute atomic E-state index is 0.110. The number of carboxylic acid groups (broad SMARTS) is 1. The van der Waals surface area contributed by atoms with E-state index in [1.165, 1.54) is 18.7 Å². The number of rotatable bonds is 3. The van der Waals surface area contributed by atoms with Crippen molar-refractivity contribution >= 4 is 23.4 Å². The van der Waals surface area contributed by atoms with E-state index in [-0.39, 0.29) is 5.56 Å². The molecule has 1 aliphatic carbocycles. The van der Waals surface area contributed by atoms with Crippen LogP contribution in [0.5, 0.6) is 0 Å². The number of pyridine rings is 1. The largest absolute Gasteiger partial charge is 0.478 e. The molecule has 1 heterocycles.